The predicted octanol–water partition coefficient (Wildman–Crippen LogP) is 10.2. The lowest BCUT2D eigenvalue weighted by Gasteiger charge is -2.22. The molecule has 0 spiro atoms. The highest BCUT2D eigenvalue weighted by Gasteiger charge is 2.18. The number of Topliss-reactive ketones (excluding diaryl/α,β-unsaturated/α-hetero) is 1. The van der Waals surface area contributed by atoms with Crippen molar-refractivity contribution in [1.82, 2.24) is 15.0 Å². The molecule has 3 heterocycles. The zero-order valence-electron chi connectivity index (χ0n) is 28.7. The molecule has 250 valence electrons. The number of rotatable bonds is 23. The summed E-state index contributed by atoms with van der Waals surface area (Å²) in [6, 6.07) is 16.6. The Balaban J connectivity index is 1.11. The fourth-order valence-corrected chi connectivity index (χ4v) is 6.52. The first-order valence-corrected chi connectivity index (χ1v) is 18.6. The number of carbonyl (C=O) groups is 1. The minimum atomic E-state index is 0.336. The van der Waals surface area contributed by atoms with Gasteiger partial charge in [-0.3, -0.25) is 9.78 Å². The Morgan fingerprint density at radius 3 is 1.83 bits per heavy atom. The van der Waals surface area contributed by atoms with Crippen molar-refractivity contribution >= 4 is 17.4 Å². The van der Waals surface area contributed by atoms with Gasteiger partial charge in [-0.1, -0.05) is 134 Å². The Labute approximate surface area is 279 Å². The number of pyridine rings is 1. The molecule has 3 aromatic rings. The third kappa shape index (κ3) is 13.2. The summed E-state index contributed by atoms with van der Waals surface area (Å²) in [6.07, 6.45) is 26.6. The van der Waals surface area contributed by atoms with Crippen LogP contribution in [-0.4, -0.2) is 40.4 Å². The normalized spacial score (nSPS) is 12.9. The van der Waals surface area contributed by atoms with Crippen molar-refractivity contribution < 1.29 is 4.79 Å². The van der Waals surface area contributed by atoms with Crippen molar-refractivity contribution in [3.63, 3.8) is 0 Å². The number of hydrogen-bond acceptors (Lipinski definition) is 6. The highest BCUT2D eigenvalue weighted by atomic mass is 16.1. The van der Waals surface area contributed by atoms with Crippen LogP contribution in [0.25, 0.3) is 11.5 Å². The van der Waals surface area contributed by atoms with Crippen LogP contribution in [0.5, 0.6) is 0 Å². The number of anilines is 2. The standard InChI is InChI=1S/C40H59N5O/c1-2-3-4-5-6-7-8-9-10-11-12-13-14-15-16-17-24-36(46)26-30-42-38-33-39(44-40(43-38)37-25-20-21-29-41-37)45-31-27-34-22-18-19-23-35(34)28-32-45/h18-23,25,29,33H,2-17,24,26-28,30-32H2,1H3,(H,42,43,44). The third-order valence-electron chi connectivity index (χ3n) is 9.37. The van der Waals surface area contributed by atoms with Crippen LogP contribution in [0.4, 0.5) is 11.6 Å². The molecule has 0 amide bonds. The second-order valence-electron chi connectivity index (χ2n) is 13.2. The fraction of sp³-hybridized carbons (Fsp3) is 0.600. The first kappa shape index (κ1) is 35.6. The molecule has 0 atom stereocenters. The van der Waals surface area contributed by atoms with Gasteiger partial charge in [0, 0.05) is 44.7 Å². The molecule has 4 rings (SSSR count). The minimum Gasteiger partial charge on any atom is -0.369 e. The molecule has 1 N–H and O–H groups in total. The van der Waals surface area contributed by atoms with E-state index in [0.29, 0.717) is 31.0 Å². The lowest BCUT2D eigenvalue weighted by atomic mass is 10.0. The van der Waals surface area contributed by atoms with Crippen LogP contribution >= 0.6 is 0 Å². The maximum atomic E-state index is 12.6. The molecule has 1 aliphatic rings. The van der Waals surface area contributed by atoms with Crippen molar-refractivity contribution in [3.05, 3.63) is 65.9 Å². The van der Waals surface area contributed by atoms with Gasteiger partial charge in [0.05, 0.1) is 0 Å². The predicted molar refractivity (Wildman–Crippen MR) is 194 cm³/mol. The molecule has 1 aliphatic heterocycles. The molecule has 46 heavy (non-hydrogen) atoms. The minimum absolute atomic E-state index is 0.336. The summed E-state index contributed by atoms with van der Waals surface area (Å²) in [5.74, 6) is 2.61. The van der Waals surface area contributed by atoms with Gasteiger partial charge in [0.2, 0.25) is 0 Å². The van der Waals surface area contributed by atoms with E-state index in [9.17, 15) is 4.79 Å². The molecular formula is C40H59N5O. The monoisotopic (exact) mass is 625 g/mol. The van der Waals surface area contributed by atoms with Crippen molar-refractivity contribution in [3.8, 4) is 11.5 Å². The van der Waals surface area contributed by atoms with Crippen LogP contribution in [0, 0.1) is 0 Å². The number of nitrogens with one attached hydrogen (secondary N) is 1. The Kier molecular flexibility index (Phi) is 16.6. The van der Waals surface area contributed by atoms with Crippen LogP contribution in [0.1, 0.15) is 134 Å². The lowest BCUT2D eigenvalue weighted by Crippen LogP contribution is -2.27. The van der Waals surface area contributed by atoms with Gasteiger partial charge in [-0.25, -0.2) is 9.97 Å². The summed E-state index contributed by atoms with van der Waals surface area (Å²) in [5.41, 5.74) is 3.60. The Morgan fingerprint density at radius 2 is 1.26 bits per heavy atom. The van der Waals surface area contributed by atoms with Crippen LogP contribution in [0.3, 0.4) is 0 Å². The molecule has 0 fully saturated rings. The molecule has 0 saturated heterocycles. The molecule has 1 aromatic carbocycles. The third-order valence-corrected chi connectivity index (χ3v) is 9.37. The number of ketones is 1. The zero-order valence-corrected chi connectivity index (χ0v) is 28.7. The summed E-state index contributed by atoms with van der Waals surface area (Å²) in [7, 11) is 0. The average Bonchev–Trinajstić information content (AvgIpc) is 3.31. The van der Waals surface area contributed by atoms with Gasteiger partial charge in [-0.2, -0.15) is 0 Å². The van der Waals surface area contributed by atoms with Gasteiger partial charge >= 0.3 is 0 Å². The second kappa shape index (κ2) is 21.5. The van der Waals surface area contributed by atoms with Gasteiger partial charge in [0.25, 0.3) is 0 Å². The Hall–Kier alpha value is -3.28. The van der Waals surface area contributed by atoms with Crippen LogP contribution in [0.15, 0.2) is 54.7 Å². The van der Waals surface area contributed by atoms with E-state index in [1.807, 2.05) is 24.3 Å². The van der Waals surface area contributed by atoms with Crippen LogP contribution < -0.4 is 10.2 Å². The number of hydrogen-bond donors (Lipinski definition) is 1. The smallest absolute Gasteiger partial charge is 0.182 e. The van der Waals surface area contributed by atoms with Gasteiger partial charge in [-0.05, 0) is 42.5 Å². The quantitative estimate of drug-likeness (QED) is 0.106. The molecule has 0 saturated carbocycles. The number of benzene rings is 1. The van der Waals surface area contributed by atoms with E-state index in [4.69, 9.17) is 9.97 Å². The van der Waals surface area contributed by atoms with Crippen molar-refractivity contribution in [1.29, 1.82) is 0 Å². The average molecular weight is 626 g/mol. The topological polar surface area (TPSA) is 71.0 Å². The van der Waals surface area contributed by atoms with Crippen molar-refractivity contribution in [2.24, 2.45) is 0 Å². The maximum absolute atomic E-state index is 12.6. The summed E-state index contributed by atoms with van der Waals surface area (Å²) < 4.78 is 0. The highest BCUT2D eigenvalue weighted by molar-refractivity contribution is 5.78. The van der Waals surface area contributed by atoms with E-state index >= 15 is 0 Å². The largest absolute Gasteiger partial charge is 0.369 e. The summed E-state index contributed by atoms with van der Waals surface area (Å²) in [4.78, 5) is 29.2. The fourth-order valence-electron chi connectivity index (χ4n) is 6.52. The van der Waals surface area contributed by atoms with Gasteiger partial charge < -0.3 is 10.2 Å². The van der Waals surface area contributed by atoms with Gasteiger partial charge in [-0.15, -0.1) is 0 Å². The first-order valence-electron chi connectivity index (χ1n) is 18.6. The van der Waals surface area contributed by atoms with E-state index in [2.05, 4.69) is 46.4 Å². The molecule has 0 unspecified atom stereocenters. The summed E-state index contributed by atoms with van der Waals surface area (Å²) >= 11 is 0. The Morgan fingerprint density at radius 1 is 0.696 bits per heavy atom. The van der Waals surface area contributed by atoms with E-state index in [-0.39, 0.29) is 0 Å². The SMILES string of the molecule is CCCCCCCCCCCCCCCCCCC(=O)CCNc1cc(N2CCc3ccccc3CC2)nc(-c2ccccn2)n1. The molecule has 2 aromatic heterocycles. The van der Waals surface area contributed by atoms with Gasteiger partial charge in [0.1, 0.15) is 23.1 Å². The molecule has 0 radical (unpaired) electrons. The zero-order chi connectivity index (χ0) is 32.1. The van der Waals surface area contributed by atoms with E-state index in [1.165, 1.54) is 107 Å². The number of aromatic nitrogens is 3. The van der Waals surface area contributed by atoms with Crippen LogP contribution in [0.2, 0.25) is 0 Å². The second-order valence-corrected chi connectivity index (χ2v) is 13.2. The Bertz CT molecular complexity index is 1240. The number of fused-ring (bicyclic) bond motifs is 1. The molecular weight excluding hydrogens is 566 g/mol. The molecule has 6 heteroatoms. The van der Waals surface area contributed by atoms with Gasteiger partial charge in [0.15, 0.2) is 5.82 Å². The lowest BCUT2D eigenvalue weighted by molar-refractivity contribution is -0.118. The summed E-state index contributed by atoms with van der Waals surface area (Å²) in [6.45, 7) is 4.69. The first-order chi connectivity index (χ1) is 22.7. The number of unbranched alkanes of at least 4 members (excludes halogenated alkanes) is 15. The van der Waals surface area contributed by atoms with E-state index < -0.39 is 0 Å². The maximum Gasteiger partial charge on any atom is 0.182 e. The summed E-state index contributed by atoms with van der Waals surface area (Å²) in [5, 5.41) is 3.43. The highest BCUT2D eigenvalue weighted by Crippen LogP contribution is 2.25. The number of carbonyl (C=O) groups excluding carboxylic acids is 1. The van der Waals surface area contributed by atoms with Crippen molar-refractivity contribution in [2.75, 3.05) is 29.9 Å². The number of nitrogens with zero attached hydrogens (tertiary/aromatic N) is 4. The van der Waals surface area contributed by atoms with E-state index in [1.54, 1.807) is 6.20 Å². The molecule has 0 bridgehead atoms. The van der Waals surface area contributed by atoms with Crippen molar-refractivity contribution in [2.45, 2.75) is 135 Å². The van der Waals surface area contributed by atoms with E-state index in [0.717, 1.165) is 49.7 Å². The van der Waals surface area contributed by atoms with Crippen LogP contribution in [-0.2, 0) is 17.6 Å². The molecule has 0 aliphatic carbocycles. The molecule has 6 nitrogen and oxygen atoms in total.